The molecule has 0 radical (unpaired) electrons. The molecule has 3 aromatic rings. The van der Waals surface area contributed by atoms with Crippen molar-refractivity contribution in [3.8, 4) is 5.69 Å². The van der Waals surface area contributed by atoms with Crippen LogP contribution in [-0.4, -0.2) is 31.9 Å². The van der Waals surface area contributed by atoms with E-state index in [1.807, 2.05) is 48.5 Å². The molecule has 0 saturated heterocycles. The van der Waals surface area contributed by atoms with E-state index in [1.54, 1.807) is 4.68 Å². The van der Waals surface area contributed by atoms with Crippen molar-refractivity contribution >= 4 is 23.4 Å². The summed E-state index contributed by atoms with van der Waals surface area (Å²) < 4.78 is 1.63. The molecule has 1 N–H and O–H groups in total. The zero-order chi connectivity index (χ0) is 18.4. The number of nitrogens with zero attached hydrogens (tertiary/aromatic N) is 4. The van der Waals surface area contributed by atoms with Gasteiger partial charge in [0, 0.05) is 5.69 Å². The second-order valence-corrected chi connectivity index (χ2v) is 6.88. The molecule has 0 aliphatic heterocycles. The van der Waals surface area contributed by atoms with Crippen LogP contribution < -0.4 is 5.32 Å². The van der Waals surface area contributed by atoms with Gasteiger partial charge >= 0.3 is 0 Å². The number of aromatic nitrogens is 4. The quantitative estimate of drug-likeness (QED) is 0.641. The summed E-state index contributed by atoms with van der Waals surface area (Å²) in [6.07, 6.45) is 1.02. The van der Waals surface area contributed by atoms with Gasteiger partial charge in [-0.05, 0) is 46.5 Å². The summed E-state index contributed by atoms with van der Waals surface area (Å²) in [4.78, 5) is 12.4. The summed E-state index contributed by atoms with van der Waals surface area (Å²) in [5, 5.41) is 15.3. The molecule has 0 unspecified atom stereocenters. The van der Waals surface area contributed by atoms with Crippen LogP contribution >= 0.6 is 11.8 Å². The Morgan fingerprint density at radius 1 is 1.15 bits per heavy atom. The van der Waals surface area contributed by atoms with Gasteiger partial charge in [-0.1, -0.05) is 62.0 Å². The number of hydrogen-bond acceptors (Lipinski definition) is 5. The molecule has 7 heteroatoms. The molecular formula is C19H21N5OS. The van der Waals surface area contributed by atoms with E-state index in [2.05, 4.69) is 40.8 Å². The van der Waals surface area contributed by atoms with Crippen LogP contribution in [-0.2, 0) is 4.79 Å². The molecule has 0 fully saturated rings. The Hall–Kier alpha value is -2.67. The minimum atomic E-state index is -0.0756. The van der Waals surface area contributed by atoms with Crippen LogP contribution in [0.4, 0.5) is 5.69 Å². The zero-order valence-electron chi connectivity index (χ0n) is 14.8. The number of anilines is 1. The van der Waals surface area contributed by atoms with Gasteiger partial charge in [-0.2, -0.15) is 4.68 Å². The van der Waals surface area contributed by atoms with Gasteiger partial charge in [-0.3, -0.25) is 4.79 Å². The number of tetrazole rings is 1. The third-order valence-electron chi connectivity index (χ3n) is 4.15. The first-order valence-corrected chi connectivity index (χ1v) is 9.53. The van der Waals surface area contributed by atoms with Crippen LogP contribution in [0, 0.1) is 0 Å². The Morgan fingerprint density at radius 3 is 2.65 bits per heavy atom. The molecule has 1 amide bonds. The summed E-state index contributed by atoms with van der Waals surface area (Å²) in [6.45, 7) is 4.30. The fourth-order valence-corrected chi connectivity index (χ4v) is 3.27. The Morgan fingerprint density at radius 2 is 1.88 bits per heavy atom. The first-order chi connectivity index (χ1) is 12.7. The van der Waals surface area contributed by atoms with Crippen molar-refractivity contribution < 1.29 is 4.79 Å². The highest BCUT2D eigenvalue weighted by Crippen LogP contribution is 2.27. The van der Waals surface area contributed by atoms with Gasteiger partial charge in [0.25, 0.3) is 0 Å². The molecule has 3 rings (SSSR count). The first kappa shape index (κ1) is 18.1. The Bertz CT molecular complexity index is 865. The lowest BCUT2D eigenvalue weighted by Gasteiger charge is -2.15. The Labute approximate surface area is 157 Å². The molecule has 1 heterocycles. The summed E-state index contributed by atoms with van der Waals surface area (Å²) in [6, 6.07) is 17.6. The minimum absolute atomic E-state index is 0.0756. The maximum atomic E-state index is 12.4. The van der Waals surface area contributed by atoms with E-state index in [4.69, 9.17) is 0 Å². The van der Waals surface area contributed by atoms with Crippen LogP contribution in [0.1, 0.15) is 31.7 Å². The number of carbonyl (C=O) groups is 1. The van der Waals surface area contributed by atoms with Crippen molar-refractivity contribution in [2.24, 2.45) is 0 Å². The highest BCUT2D eigenvalue weighted by atomic mass is 32.2. The highest BCUT2D eigenvalue weighted by Gasteiger charge is 2.14. The van der Waals surface area contributed by atoms with Crippen LogP contribution in [0.3, 0.4) is 0 Å². The maximum absolute atomic E-state index is 12.4. The zero-order valence-corrected chi connectivity index (χ0v) is 15.6. The molecule has 134 valence electrons. The van der Waals surface area contributed by atoms with E-state index in [1.165, 1.54) is 11.8 Å². The fraction of sp³-hybridized carbons (Fsp3) is 0.263. The number of rotatable bonds is 7. The van der Waals surface area contributed by atoms with Gasteiger partial charge in [0.1, 0.15) is 0 Å². The van der Waals surface area contributed by atoms with E-state index in [-0.39, 0.29) is 11.7 Å². The number of carbonyl (C=O) groups excluding carboxylic acids is 1. The van der Waals surface area contributed by atoms with Crippen molar-refractivity contribution in [3.05, 3.63) is 60.2 Å². The maximum Gasteiger partial charge on any atom is 0.234 e. The molecule has 0 aliphatic carbocycles. The smallest absolute Gasteiger partial charge is 0.234 e. The lowest BCUT2D eigenvalue weighted by Crippen LogP contribution is -2.16. The fourth-order valence-electron chi connectivity index (χ4n) is 2.58. The highest BCUT2D eigenvalue weighted by molar-refractivity contribution is 7.99. The number of hydrogen-bond donors (Lipinski definition) is 1. The lowest BCUT2D eigenvalue weighted by molar-refractivity contribution is -0.113. The number of nitrogens with one attached hydrogen (secondary N) is 1. The SMILES string of the molecule is CC[C@H](C)c1ccccc1NC(=O)CSc1nnnn1-c1ccccc1. The molecule has 6 nitrogen and oxygen atoms in total. The van der Waals surface area contributed by atoms with Gasteiger partial charge in [-0.15, -0.1) is 5.10 Å². The normalized spacial score (nSPS) is 11.9. The predicted octanol–water partition coefficient (Wildman–Crippen LogP) is 3.91. The molecule has 26 heavy (non-hydrogen) atoms. The second kappa shape index (κ2) is 8.62. The molecule has 0 bridgehead atoms. The van der Waals surface area contributed by atoms with Gasteiger partial charge in [0.2, 0.25) is 11.1 Å². The molecule has 0 aliphatic rings. The summed E-state index contributed by atoms with van der Waals surface area (Å²) in [7, 11) is 0. The van der Waals surface area contributed by atoms with Gasteiger partial charge < -0.3 is 5.32 Å². The summed E-state index contributed by atoms with van der Waals surface area (Å²) >= 11 is 1.31. The van der Waals surface area contributed by atoms with Gasteiger partial charge in [0.15, 0.2) is 0 Å². The molecule has 0 saturated carbocycles. The van der Waals surface area contributed by atoms with Crippen molar-refractivity contribution in [2.45, 2.75) is 31.3 Å². The van der Waals surface area contributed by atoms with E-state index in [0.717, 1.165) is 23.4 Å². The largest absolute Gasteiger partial charge is 0.325 e. The number of para-hydroxylation sites is 2. The molecular weight excluding hydrogens is 346 g/mol. The van der Waals surface area contributed by atoms with Crippen molar-refractivity contribution in [2.75, 3.05) is 11.1 Å². The van der Waals surface area contributed by atoms with Crippen LogP contribution in [0.15, 0.2) is 59.8 Å². The third-order valence-corrected chi connectivity index (χ3v) is 5.07. The predicted molar refractivity (Wildman–Crippen MR) is 104 cm³/mol. The lowest BCUT2D eigenvalue weighted by atomic mass is 9.97. The van der Waals surface area contributed by atoms with Gasteiger partial charge in [0.05, 0.1) is 11.4 Å². The third kappa shape index (κ3) is 4.29. The first-order valence-electron chi connectivity index (χ1n) is 8.54. The Kier molecular flexibility index (Phi) is 6.01. The molecule has 2 aromatic carbocycles. The van der Waals surface area contributed by atoms with Crippen molar-refractivity contribution in [3.63, 3.8) is 0 Å². The number of amides is 1. The van der Waals surface area contributed by atoms with E-state index >= 15 is 0 Å². The van der Waals surface area contributed by atoms with E-state index in [9.17, 15) is 4.79 Å². The molecule has 1 atom stereocenters. The summed E-state index contributed by atoms with van der Waals surface area (Å²) in [5.41, 5.74) is 2.89. The van der Waals surface area contributed by atoms with Crippen molar-refractivity contribution in [1.82, 2.24) is 20.2 Å². The topological polar surface area (TPSA) is 72.7 Å². The average molecular weight is 367 g/mol. The molecule has 1 aromatic heterocycles. The summed E-state index contributed by atoms with van der Waals surface area (Å²) in [5.74, 6) is 0.556. The van der Waals surface area contributed by atoms with Crippen molar-refractivity contribution in [1.29, 1.82) is 0 Å². The average Bonchev–Trinajstić information content (AvgIpc) is 3.15. The Balaban J connectivity index is 1.65. The van der Waals surface area contributed by atoms with Crippen LogP contribution in [0.25, 0.3) is 5.69 Å². The van der Waals surface area contributed by atoms with Gasteiger partial charge in [-0.25, -0.2) is 0 Å². The number of thioether (sulfide) groups is 1. The minimum Gasteiger partial charge on any atom is -0.325 e. The van der Waals surface area contributed by atoms with E-state index in [0.29, 0.717) is 11.1 Å². The number of benzene rings is 2. The van der Waals surface area contributed by atoms with Crippen LogP contribution in [0.5, 0.6) is 0 Å². The standard InChI is InChI=1S/C19H21N5OS/c1-3-14(2)16-11-7-8-12-17(16)20-18(25)13-26-19-21-22-23-24(19)15-9-5-4-6-10-15/h4-12,14H,3,13H2,1-2H3,(H,20,25)/t14-/m0/s1. The monoisotopic (exact) mass is 367 g/mol. The second-order valence-electron chi connectivity index (χ2n) is 5.94. The van der Waals surface area contributed by atoms with E-state index < -0.39 is 0 Å². The molecule has 0 spiro atoms. The van der Waals surface area contributed by atoms with Crippen LogP contribution in [0.2, 0.25) is 0 Å².